The van der Waals surface area contributed by atoms with E-state index >= 15 is 0 Å². The van der Waals surface area contributed by atoms with Crippen LogP contribution in [0.15, 0.2) is 18.2 Å². The average molecular weight is 254 g/mol. The van der Waals surface area contributed by atoms with Crippen LogP contribution in [0.3, 0.4) is 0 Å². The van der Waals surface area contributed by atoms with Crippen molar-refractivity contribution in [3.05, 3.63) is 24.0 Å². The van der Waals surface area contributed by atoms with E-state index in [4.69, 9.17) is 15.2 Å². The Morgan fingerprint density at radius 3 is 3.00 bits per heavy atom. The lowest BCUT2D eigenvalue weighted by Crippen LogP contribution is -2.43. The van der Waals surface area contributed by atoms with Crippen LogP contribution in [0.5, 0.6) is 5.75 Å². The molecule has 4 nitrogen and oxygen atoms in total. The van der Waals surface area contributed by atoms with E-state index in [2.05, 4.69) is 0 Å². The van der Waals surface area contributed by atoms with E-state index in [-0.39, 0.29) is 18.7 Å². The fourth-order valence-electron chi connectivity index (χ4n) is 2.19. The van der Waals surface area contributed by atoms with Crippen LogP contribution in [-0.2, 0) is 4.74 Å². The van der Waals surface area contributed by atoms with Crippen molar-refractivity contribution >= 4 is 5.69 Å². The quantitative estimate of drug-likeness (QED) is 0.831. The molecule has 1 aromatic carbocycles. The van der Waals surface area contributed by atoms with Crippen molar-refractivity contribution in [2.75, 3.05) is 31.9 Å². The SMILES string of the molecule is COCOc1ccc(N2CCCC(N)C2)c(F)c1. The molecule has 1 unspecified atom stereocenters. The monoisotopic (exact) mass is 254 g/mol. The Bertz CT molecular complexity index is 401. The number of nitrogens with zero attached hydrogens (tertiary/aromatic N) is 1. The van der Waals surface area contributed by atoms with Gasteiger partial charge in [-0.3, -0.25) is 0 Å². The highest BCUT2D eigenvalue weighted by molar-refractivity contribution is 5.51. The largest absolute Gasteiger partial charge is 0.467 e. The zero-order valence-corrected chi connectivity index (χ0v) is 10.6. The van der Waals surface area contributed by atoms with Crippen molar-refractivity contribution in [3.63, 3.8) is 0 Å². The molecular weight excluding hydrogens is 235 g/mol. The summed E-state index contributed by atoms with van der Waals surface area (Å²) in [5.74, 6) is 0.192. The third-order valence-corrected chi connectivity index (χ3v) is 3.06. The molecule has 1 fully saturated rings. The Kier molecular flexibility index (Phi) is 4.38. The molecule has 2 N–H and O–H groups in total. The Morgan fingerprint density at radius 1 is 1.50 bits per heavy atom. The second kappa shape index (κ2) is 6.02. The lowest BCUT2D eigenvalue weighted by Gasteiger charge is -2.32. The normalized spacial score (nSPS) is 19.9. The van der Waals surface area contributed by atoms with E-state index in [1.165, 1.54) is 13.2 Å². The molecule has 1 saturated heterocycles. The van der Waals surface area contributed by atoms with Crippen LogP contribution < -0.4 is 15.4 Å². The van der Waals surface area contributed by atoms with E-state index in [0.29, 0.717) is 18.0 Å². The van der Waals surface area contributed by atoms with Gasteiger partial charge in [0, 0.05) is 32.3 Å². The second-order valence-electron chi connectivity index (χ2n) is 4.51. The maximum Gasteiger partial charge on any atom is 0.188 e. The Hall–Kier alpha value is -1.33. The summed E-state index contributed by atoms with van der Waals surface area (Å²) >= 11 is 0. The van der Waals surface area contributed by atoms with Gasteiger partial charge in [-0.15, -0.1) is 0 Å². The molecule has 0 amide bonds. The lowest BCUT2D eigenvalue weighted by atomic mass is 10.1. The van der Waals surface area contributed by atoms with Crippen molar-refractivity contribution < 1.29 is 13.9 Å². The van der Waals surface area contributed by atoms with Crippen molar-refractivity contribution in [2.24, 2.45) is 5.73 Å². The summed E-state index contributed by atoms with van der Waals surface area (Å²) in [6.07, 6.45) is 2.01. The molecule has 18 heavy (non-hydrogen) atoms. The maximum atomic E-state index is 14.0. The molecule has 0 bridgehead atoms. The molecule has 0 radical (unpaired) electrons. The average Bonchev–Trinajstić information content (AvgIpc) is 2.36. The molecule has 5 heteroatoms. The summed E-state index contributed by atoms with van der Waals surface area (Å²) in [5, 5.41) is 0. The predicted molar refractivity (Wildman–Crippen MR) is 68.3 cm³/mol. The van der Waals surface area contributed by atoms with Crippen LogP contribution in [0.1, 0.15) is 12.8 Å². The van der Waals surface area contributed by atoms with E-state index in [1.807, 2.05) is 4.90 Å². The minimum atomic E-state index is -0.280. The first-order valence-electron chi connectivity index (χ1n) is 6.12. The number of ether oxygens (including phenoxy) is 2. The summed E-state index contributed by atoms with van der Waals surface area (Å²) in [4.78, 5) is 1.99. The highest BCUT2D eigenvalue weighted by Gasteiger charge is 2.19. The van der Waals surface area contributed by atoms with Gasteiger partial charge in [0.25, 0.3) is 0 Å². The van der Waals surface area contributed by atoms with Gasteiger partial charge in [-0.05, 0) is 25.0 Å². The molecular formula is C13H19FN2O2. The minimum Gasteiger partial charge on any atom is -0.467 e. The summed E-state index contributed by atoms with van der Waals surface area (Å²) < 4.78 is 24.0. The molecule has 0 aromatic heterocycles. The van der Waals surface area contributed by atoms with Gasteiger partial charge >= 0.3 is 0 Å². The molecule has 0 saturated carbocycles. The predicted octanol–water partition coefficient (Wildman–Crippen LogP) is 1.74. The molecule has 0 spiro atoms. The maximum absolute atomic E-state index is 14.0. The fourth-order valence-corrected chi connectivity index (χ4v) is 2.19. The number of rotatable bonds is 4. The number of piperidine rings is 1. The first-order chi connectivity index (χ1) is 8.70. The molecule has 1 aliphatic heterocycles. The molecule has 0 aliphatic carbocycles. The summed E-state index contributed by atoms with van der Waals surface area (Å²) in [5.41, 5.74) is 6.50. The third kappa shape index (κ3) is 3.11. The molecule has 1 atom stereocenters. The molecule has 1 aromatic rings. The number of halogens is 1. The molecule has 1 aliphatic rings. The van der Waals surface area contributed by atoms with Crippen molar-refractivity contribution in [1.82, 2.24) is 0 Å². The zero-order chi connectivity index (χ0) is 13.0. The lowest BCUT2D eigenvalue weighted by molar-refractivity contribution is 0.0509. The van der Waals surface area contributed by atoms with Crippen LogP contribution in [0.2, 0.25) is 0 Å². The highest BCUT2D eigenvalue weighted by Crippen LogP contribution is 2.26. The topological polar surface area (TPSA) is 47.7 Å². The van der Waals surface area contributed by atoms with E-state index in [1.54, 1.807) is 12.1 Å². The molecule has 100 valence electrons. The number of nitrogens with two attached hydrogens (primary N) is 1. The van der Waals surface area contributed by atoms with Crippen molar-refractivity contribution in [2.45, 2.75) is 18.9 Å². The van der Waals surface area contributed by atoms with Crippen molar-refractivity contribution in [1.29, 1.82) is 0 Å². The van der Waals surface area contributed by atoms with E-state index in [0.717, 1.165) is 19.4 Å². The summed E-state index contributed by atoms with van der Waals surface area (Å²) in [6.45, 7) is 1.67. The van der Waals surface area contributed by atoms with Crippen LogP contribution in [-0.4, -0.2) is 33.0 Å². The smallest absolute Gasteiger partial charge is 0.188 e. The second-order valence-corrected chi connectivity index (χ2v) is 4.51. The standard InChI is InChI=1S/C13H19FN2O2/c1-17-9-18-11-4-5-13(12(14)7-11)16-6-2-3-10(15)8-16/h4-5,7,10H,2-3,6,8-9,15H2,1H3. The van der Waals surface area contributed by atoms with E-state index in [9.17, 15) is 4.39 Å². The van der Waals surface area contributed by atoms with Gasteiger partial charge in [-0.1, -0.05) is 0 Å². The number of hydrogen-bond acceptors (Lipinski definition) is 4. The summed E-state index contributed by atoms with van der Waals surface area (Å²) in [6, 6.07) is 4.99. The Labute approximate surface area is 106 Å². The number of methoxy groups -OCH3 is 1. The highest BCUT2D eigenvalue weighted by atomic mass is 19.1. The Balaban J connectivity index is 2.08. The first kappa shape index (κ1) is 13.1. The minimum absolute atomic E-state index is 0.118. The van der Waals surface area contributed by atoms with Gasteiger partial charge in [0.15, 0.2) is 6.79 Å². The van der Waals surface area contributed by atoms with Crippen LogP contribution >= 0.6 is 0 Å². The number of hydrogen-bond donors (Lipinski definition) is 1. The fraction of sp³-hybridized carbons (Fsp3) is 0.538. The van der Waals surface area contributed by atoms with Gasteiger partial charge in [0.2, 0.25) is 0 Å². The third-order valence-electron chi connectivity index (χ3n) is 3.06. The zero-order valence-electron chi connectivity index (χ0n) is 10.6. The van der Waals surface area contributed by atoms with Gasteiger partial charge < -0.3 is 20.1 Å². The van der Waals surface area contributed by atoms with Gasteiger partial charge in [-0.25, -0.2) is 4.39 Å². The van der Waals surface area contributed by atoms with E-state index < -0.39 is 0 Å². The first-order valence-corrected chi connectivity index (χ1v) is 6.12. The van der Waals surface area contributed by atoms with Gasteiger partial charge in [-0.2, -0.15) is 0 Å². The molecule has 1 heterocycles. The van der Waals surface area contributed by atoms with Gasteiger partial charge in [0.05, 0.1) is 5.69 Å². The number of benzene rings is 1. The van der Waals surface area contributed by atoms with Crippen LogP contribution in [0.4, 0.5) is 10.1 Å². The number of anilines is 1. The van der Waals surface area contributed by atoms with Crippen LogP contribution in [0, 0.1) is 5.82 Å². The van der Waals surface area contributed by atoms with Crippen molar-refractivity contribution in [3.8, 4) is 5.75 Å². The van der Waals surface area contributed by atoms with Gasteiger partial charge in [0.1, 0.15) is 11.6 Å². The Morgan fingerprint density at radius 2 is 2.33 bits per heavy atom. The molecule has 2 rings (SSSR count). The van der Waals surface area contributed by atoms with Crippen LogP contribution in [0.25, 0.3) is 0 Å². The summed E-state index contributed by atoms with van der Waals surface area (Å²) in [7, 11) is 1.53.